The molecule has 2 heterocycles. The van der Waals surface area contributed by atoms with Crippen LogP contribution in [0.1, 0.15) is 12.1 Å². The van der Waals surface area contributed by atoms with Gasteiger partial charge in [0.25, 0.3) is 0 Å². The molecule has 0 saturated carbocycles. The number of nitrogens with one attached hydrogen (secondary N) is 1. The molecule has 3 rings (SSSR count). The number of nitrogens with zero attached hydrogens (tertiary/aromatic N) is 2. The predicted molar refractivity (Wildman–Crippen MR) is 78.7 cm³/mol. The molecule has 0 fully saturated rings. The van der Waals surface area contributed by atoms with E-state index in [1.165, 1.54) is 0 Å². The van der Waals surface area contributed by atoms with Crippen molar-refractivity contribution in [2.45, 2.75) is 6.42 Å². The fraction of sp³-hybridized carbons (Fsp3) is 0.200. The van der Waals surface area contributed by atoms with Gasteiger partial charge >= 0.3 is 0 Å². The van der Waals surface area contributed by atoms with Crippen LogP contribution in [-0.4, -0.2) is 18.2 Å². The minimum atomic E-state index is 0.203. The number of hydrogen-bond donors (Lipinski definition) is 2. The summed E-state index contributed by atoms with van der Waals surface area (Å²) in [6.07, 6.45) is 0.864. The number of nitriles is 1. The molecule has 0 atom stereocenters. The van der Waals surface area contributed by atoms with Crippen molar-refractivity contribution in [3.05, 3.63) is 36.0 Å². The molecule has 0 saturated heterocycles. The molecule has 2 aromatic rings. The number of nitrogen functional groups attached to an aromatic ring is 1. The standard InChI is InChI=1S/C15H14N4O2/c16-9-12-11(17)3-5-15(19-12)18-10-2-4-13-14(8-10)21-7-1-6-20-13/h2-5,8H,1,6-7,17H2,(H,18,19). The number of rotatable bonds is 2. The third kappa shape index (κ3) is 2.82. The van der Waals surface area contributed by atoms with Gasteiger partial charge in [-0.25, -0.2) is 4.98 Å². The Labute approximate surface area is 122 Å². The fourth-order valence-corrected chi connectivity index (χ4v) is 2.02. The van der Waals surface area contributed by atoms with E-state index in [4.69, 9.17) is 20.5 Å². The monoisotopic (exact) mass is 282 g/mol. The largest absolute Gasteiger partial charge is 0.490 e. The van der Waals surface area contributed by atoms with Crippen molar-refractivity contribution in [2.24, 2.45) is 0 Å². The van der Waals surface area contributed by atoms with Crippen molar-refractivity contribution in [1.29, 1.82) is 5.26 Å². The average molecular weight is 282 g/mol. The molecule has 0 radical (unpaired) electrons. The first-order valence-electron chi connectivity index (χ1n) is 6.59. The lowest BCUT2D eigenvalue weighted by molar-refractivity contribution is 0.297. The third-order valence-corrected chi connectivity index (χ3v) is 3.05. The van der Waals surface area contributed by atoms with E-state index < -0.39 is 0 Å². The Kier molecular flexibility index (Phi) is 3.48. The van der Waals surface area contributed by atoms with Crippen LogP contribution in [-0.2, 0) is 0 Å². The smallest absolute Gasteiger partial charge is 0.165 e. The molecule has 1 aromatic heterocycles. The summed E-state index contributed by atoms with van der Waals surface area (Å²) in [7, 11) is 0. The summed E-state index contributed by atoms with van der Waals surface area (Å²) in [5, 5.41) is 12.1. The fourth-order valence-electron chi connectivity index (χ4n) is 2.02. The second-order valence-corrected chi connectivity index (χ2v) is 4.58. The van der Waals surface area contributed by atoms with Gasteiger partial charge in [-0.15, -0.1) is 0 Å². The lowest BCUT2D eigenvalue weighted by atomic mass is 10.2. The zero-order chi connectivity index (χ0) is 14.7. The van der Waals surface area contributed by atoms with E-state index in [1.54, 1.807) is 12.1 Å². The van der Waals surface area contributed by atoms with Crippen LogP contribution in [0.15, 0.2) is 30.3 Å². The highest BCUT2D eigenvalue weighted by Crippen LogP contribution is 2.33. The Morgan fingerprint density at radius 1 is 1.14 bits per heavy atom. The van der Waals surface area contributed by atoms with E-state index in [0.29, 0.717) is 30.5 Å². The highest BCUT2D eigenvalue weighted by molar-refractivity contribution is 5.64. The van der Waals surface area contributed by atoms with Crippen molar-refractivity contribution in [2.75, 3.05) is 24.3 Å². The molecule has 1 aliphatic heterocycles. The number of anilines is 3. The maximum absolute atomic E-state index is 8.94. The molecule has 0 amide bonds. The second-order valence-electron chi connectivity index (χ2n) is 4.58. The van der Waals surface area contributed by atoms with Crippen LogP contribution in [0.25, 0.3) is 0 Å². The zero-order valence-corrected chi connectivity index (χ0v) is 11.3. The van der Waals surface area contributed by atoms with Gasteiger partial charge in [-0.3, -0.25) is 0 Å². The van der Waals surface area contributed by atoms with Gasteiger partial charge in [0.2, 0.25) is 0 Å². The quantitative estimate of drug-likeness (QED) is 0.878. The lowest BCUT2D eigenvalue weighted by Gasteiger charge is -2.11. The van der Waals surface area contributed by atoms with Crippen LogP contribution in [0.5, 0.6) is 11.5 Å². The highest BCUT2D eigenvalue weighted by atomic mass is 16.5. The Morgan fingerprint density at radius 3 is 2.76 bits per heavy atom. The van der Waals surface area contributed by atoms with Crippen LogP contribution in [0.3, 0.4) is 0 Å². The Bertz CT molecular complexity index is 709. The lowest BCUT2D eigenvalue weighted by Crippen LogP contribution is -1.99. The third-order valence-electron chi connectivity index (χ3n) is 3.05. The maximum atomic E-state index is 8.94. The number of ether oxygens (including phenoxy) is 2. The molecule has 106 valence electrons. The summed E-state index contributed by atoms with van der Waals surface area (Å²) in [4.78, 5) is 4.15. The van der Waals surface area contributed by atoms with E-state index in [0.717, 1.165) is 17.9 Å². The summed E-state index contributed by atoms with van der Waals surface area (Å²) in [6, 6.07) is 10.9. The topological polar surface area (TPSA) is 93.2 Å². The van der Waals surface area contributed by atoms with Gasteiger partial charge in [-0.2, -0.15) is 5.26 Å². The second kappa shape index (κ2) is 5.59. The van der Waals surface area contributed by atoms with Gasteiger partial charge in [0.05, 0.1) is 18.9 Å². The summed E-state index contributed by atoms with van der Waals surface area (Å²) in [5.41, 5.74) is 7.02. The first kappa shape index (κ1) is 13.1. The first-order chi connectivity index (χ1) is 10.3. The van der Waals surface area contributed by atoms with Crippen molar-refractivity contribution in [3.63, 3.8) is 0 Å². The maximum Gasteiger partial charge on any atom is 0.165 e. The SMILES string of the molecule is N#Cc1nc(Nc2ccc3c(c2)OCCCO3)ccc1N. The van der Waals surface area contributed by atoms with Crippen LogP contribution < -0.4 is 20.5 Å². The number of pyridine rings is 1. The Balaban J connectivity index is 1.85. The summed E-state index contributed by atoms with van der Waals surface area (Å²) in [5.74, 6) is 1.99. The van der Waals surface area contributed by atoms with E-state index >= 15 is 0 Å². The van der Waals surface area contributed by atoms with Crippen LogP contribution in [0.2, 0.25) is 0 Å². The van der Waals surface area contributed by atoms with E-state index in [1.807, 2.05) is 24.3 Å². The minimum absolute atomic E-state index is 0.203. The Morgan fingerprint density at radius 2 is 1.95 bits per heavy atom. The molecule has 21 heavy (non-hydrogen) atoms. The molecule has 6 nitrogen and oxygen atoms in total. The minimum Gasteiger partial charge on any atom is -0.490 e. The van der Waals surface area contributed by atoms with Gasteiger partial charge in [0.1, 0.15) is 11.9 Å². The van der Waals surface area contributed by atoms with Crippen molar-refractivity contribution in [1.82, 2.24) is 4.98 Å². The highest BCUT2D eigenvalue weighted by Gasteiger charge is 2.11. The molecule has 1 aromatic carbocycles. The van der Waals surface area contributed by atoms with Crippen LogP contribution in [0, 0.1) is 11.3 Å². The number of nitrogens with two attached hydrogens (primary N) is 1. The number of aromatic nitrogens is 1. The molecule has 0 spiro atoms. The van der Waals surface area contributed by atoms with Crippen LogP contribution >= 0.6 is 0 Å². The van der Waals surface area contributed by atoms with Gasteiger partial charge in [0.15, 0.2) is 17.2 Å². The molecular weight excluding hydrogens is 268 g/mol. The molecule has 3 N–H and O–H groups in total. The summed E-state index contributed by atoms with van der Waals surface area (Å²) < 4.78 is 11.2. The van der Waals surface area contributed by atoms with Crippen molar-refractivity contribution < 1.29 is 9.47 Å². The van der Waals surface area contributed by atoms with Crippen LogP contribution in [0.4, 0.5) is 17.2 Å². The zero-order valence-electron chi connectivity index (χ0n) is 11.3. The normalized spacial score (nSPS) is 13.1. The molecule has 0 bridgehead atoms. The summed E-state index contributed by atoms with van der Waals surface area (Å²) in [6.45, 7) is 1.29. The van der Waals surface area contributed by atoms with E-state index in [-0.39, 0.29) is 5.69 Å². The molecule has 0 unspecified atom stereocenters. The number of fused-ring (bicyclic) bond motifs is 1. The molecule has 6 heteroatoms. The molecule has 1 aliphatic rings. The average Bonchev–Trinajstić information content (AvgIpc) is 2.74. The predicted octanol–water partition coefficient (Wildman–Crippen LogP) is 2.44. The van der Waals surface area contributed by atoms with Gasteiger partial charge in [0, 0.05) is 18.2 Å². The number of benzene rings is 1. The molecule has 0 aliphatic carbocycles. The van der Waals surface area contributed by atoms with Gasteiger partial charge in [-0.05, 0) is 24.3 Å². The van der Waals surface area contributed by atoms with E-state index in [9.17, 15) is 0 Å². The Hall–Kier alpha value is -2.94. The van der Waals surface area contributed by atoms with Gasteiger partial charge in [-0.1, -0.05) is 0 Å². The van der Waals surface area contributed by atoms with Gasteiger partial charge < -0.3 is 20.5 Å². The molecular formula is C15H14N4O2. The van der Waals surface area contributed by atoms with Crippen molar-refractivity contribution >= 4 is 17.2 Å². The van der Waals surface area contributed by atoms with E-state index in [2.05, 4.69) is 10.3 Å². The first-order valence-corrected chi connectivity index (χ1v) is 6.59. The van der Waals surface area contributed by atoms with Crippen molar-refractivity contribution in [3.8, 4) is 17.6 Å². The summed E-state index contributed by atoms with van der Waals surface area (Å²) >= 11 is 0. The number of hydrogen-bond acceptors (Lipinski definition) is 6.